The number of hydrogen-bond donors (Lipinski definition) is 5. The Morgan fingerprint density at radius 1 is 1.24 bits per heavy atom. The second kappa shape index (κ2) is 13.0. The number of aromatic amines is 1. The maximum atomic E-state index is 14.8. The van der Waals surface area contributed by atoms with Crippen LogP contribution in [0.5, 0.6) is 0 Å². The zero-order valence-electron chi connectivity index (χ0n) is 23.0. The Balaban J connectivity index is 1.37. The molecule has 5 rings (SSSR count). The van der Waals surface area contributed by atoms with Crippen LogP contribution in [0, 0.1) is 5.82 Å². The first-order valence-corrected chi connectivity index (χ1v) is 14.6. The summed E-state index contributed by atoms with van der Waals surface area (Å²) in [6.45, 7) is 0.234. The second-order valence-corrected chi connectivity index (χ2v) is 11.8. The molecule has 12 nitrogen and oxygen atoms in total. The van der Waals surface area contributed by atoms with Crippen molar-refractivity contribution in [3.8, 4) is 11.3 Å². The number of methoxy groups -OCH3 is 1. The van der Waals surface area contributed by atoms with Crippen LogP contribution in [0.3, 0.4) is 0 Å². The summed E-state index contributed by atoms with van der Waals surface area (Å²) in [5, 5.41) is 8.64. The first-order valence-electron chi connectivity index (χ1n) is 13.3. The summed E-state index contributed by atoms with van der Waals surface area (Å²) in [6.07, 6.45) is 3.10. The molecular weight excluding hydrogens is 586 g/mol. The predicted molar refractivity (Wildman–Crippen MR) is 160 cm³/mol. The molecule has 3 amide bonds. The summed E-state index contributed by atoms with van der Waals surface area (Å²) in [4.78, 5) is 45.8. The Labute approximate surface area is 248 Å². The molecule has 222 valence electrons. The Bertz CT molecular complexity index is 1490. The van der Waals surface area contributed by atoms with Crippen molar-refractivity contribution in [3.05, 3.63) is 59.3 Å². The molecule has 1 aromatic heterocycles. The number of amides is 3. The lowest BCUT2D eigenvalue weighted by Crippen LogP contribution is -2.57. The Kier molecular flexibility index (Phi) is 9.22. The third-order valence-corrected chi connectivity index (χ3v) is 8.31. The first kappa shape index (κ1) is 29.7. The van der Waals surface area contributed by atoms with E-state index < -0.39 is 24.0 Å². The molecule has 3 aromatic rings. The Morgan fingerprint density at radius 3 is 2.88 bits per heavy atom. The molecule has 2 aliphatic heterocycles. The quantitative estimate of drug-likeness (QED) is 0.269. The summed E-state index contributed by atoms with van der Waals surface area (Å²) in [5.74, 6) is -0.403. The largest absolute Gasteiger partial charge is 0.453 e. The molecule has 2 unspecified atom stereocenters. The smallest absolute Gasteiger partial charge is 0.411 e. The highest BCUT2D eigenvalue weighted by Crippen LogP contribution is 2.36. The molecule has 2 aromatic carbocycles. The molecule has 3 heterocycles. The number of nitrogens with zero attached hydrogens (tertiary/aromatic N) is 3. The van der Waals surface area contributed by atoms with E-state index in [1.807, 2.05) is 0 Å². The molecule has 0 saturated carbocycles. The Morgan fingerprint density at radius 2 is 2.07 bits per heavy atom. The topological polar surface area (TPSA) is 144 Å². The fourth-order valence-corrected chi connectivity index (χ4v) is 6.17. The average Bonchev–Trinajstić information content (AvgIpc) is 3.45. The number of aromatic nitrogens is 2. The highest BCUT2D eigenvalue weighted by Gasteiger charge is 2.32. The van der Waals surface area contributed by atoms with Crippen LogP contribution in [-0.4, -0.2) is 59.4 Å². The van der Waals surface area contributed by atoms with Crippen LogP contribution in [0.15, 0.2) is 42.6 Å². The number of hydrogen-bond acceptors (Lipinski definition) is 8. The van der Waals surface area contributed by atoms with Gasteiger partial charge < -0.3 is 25.0 Å². The second-order valence-electron chi connectivity index (χ2n) is 9.94. The van der Waals surface area contributed by atoms with Gasteiger partial charge in [0.1, 0.15) is 11.9 Å². The van der Waals surface area contributed by atoms with E-state index in [4.69, 9.17) is 11.6 Å². The molecule has 0 radical (unpaired) electrons. The van der Waals surface area contributed by atoms with Crippen LogP contribution in [-0.2, 0) is 14.3 Å². The van der Waals surface area contributed by atoms with Gasteiger partial charge in [0.05, 0.1) is 50.3 Å². The van der Waals surface area contributed by atoms with Gasteiger partial charge in [-0.05, 0) is 43.2 Å². The Hall–Kier alpha value is -3.77. The standard InChI is InChI=1S/C27H31ClFN8O4P/c1-36-35-21(14-37(42-36)22-8-5-6-17(28)24(22)29)26(39)34-18-7-3-4-9-23(38)32-19-12-15(31-27(40)41-2)10-11-16(19)20-13-30-25(18)33-20/h5-6,8,10-13,18,21,35,42H,3-4,7,9,14H2,1-2H3,(H,30,33)(H,31,40)(H,32,38)(H,34,39)/t18-,21?/m0/s1. The van der Waals surface area contributed by atoms with Gasteiger partial charge in [-0.2, -0.15) is 0 Å². The number of fused-ring (bicyclic) bond motifs is 4. The number of carbonyl (C=O) groups is 3. The number of halogens is 2. The summed E-state index contributed by atoms with van der Waals surface area (Å²) in [7, 11) is 3.12. The SMILES string of the molecule is COC(=O)Nc1ccc2c(c1)NC(=O)CCCC[C@H](NC(=O)C1CN(c3cccc(Cl)c3F)PN(C)N1)c1ncc-2[nH]1. The normalized spacial score (nSPS) is 20.1. The summed E-state index contributed by atoms with van der Waals surface area (Å²) in [6, 6.07) is 8.77. The summed E-state index contributed by atoms with van der Waals surface area (Å²) >= 11 is 6.00. The number of ether oxygens (including phenoxy) is 1. The number of rotatable bonds is 4. The molecule has 2 aliphatic rings. The number of nitrogens with one attached hydrogen (secondary N) is 5. The lowest BCUT2D eigenvalue weighted by Gasteiger charge is -2.39. The maximum Gasteiger partial charge on any atom is 0.411 e. The zero-order valence-corrected chi connectivity index (χ0v) is 24.7. The fraction of sp³-hybridized carbons (Fsp3) is 0.333. The number of imidazole rings is 1. The van der Waals surface area contributed by atoms with Gasteiger partial charge in [-0.25, -0.2) is 24.4 Å². The van der Waals surface area contributed by atoms with Crippen molar-refractivity contribution in [2.45, 2.75) is 37.8 Å². The highest BCUT2D eigenvalue weighted by molar-refractivity contribution is 7.37. The molecule has 0 spiro atoms. The van der Waals surface area contributed by atoms with Gasteiger partial charge in [-0.15, -0.1) is 0 Å². The van der Waals surface area contributed by atoms with Gasteiger partial charge >= 0.3 is 6.09 Å². The van der Waals surface area contributed by atoms with Crippen molar-refractivity contribution in [3.63, 3.8) is 0 Å². The first-order chi connectivity index (χ1) is 20.2. The molecule has 0 aliphatic carbocycles. The third-order valence-electron chi connectivity index (χ3n) is 6.93. The van der Waals surface area contributed by atoms with Crippen LogP contribution in [0.4, 0.5) is 26.2 Å². The van der Waals surface area contributed by atoms with Gasteiger partial charge in [-0.3, -0.25) is 14.9 Å². The number of H-pyrrole nitrogens is 1. The number of anilines is 3. The van der Waals surface area contributed by atoms with E-state index in [9.17, 15) is 18.8 Å². The molecule has 1 fully saturated rings. The van der Waals surface area contributed by atoms with Crippen molar-refractivity contribution in [1.29, 1.82) is 0 Å². The highest BCUT2D eigenvalue weighted by atomic mass is 35.5. The van der Waals surface area contributed by atoms with E-state index in [2.05, 4.69) is 36.1 Å². The number of hydrazine groups is 1. The molecule has 3 atom stereocenters. The molecule has 15 heteroatoms. The lowest BCUT2D eigenvalue weighted by molar-refractivity contribution is -0.124. The van der Waals surface area contributed by atoms with Crippen molar-refractivity contribution in [2.24, 2.45) is 0 Å². The van der Waals surface area contributed by atoms with Crippen LogP contribution in [0.25, 0.3) is 11.3 Å². The van der Waals surface area contributed by atoms with Gasteiger partial charge in [0.2, 0.25) is 11.8 Å². The molecular formula is C27H31ClFN8O4P. The summed E-state index contributed by atoms with van der Waals surface area (Å²) in [5.41, 5.74) is 5.74. The van der Waals surface area contributed by atoms with Gasteiger partial charge in [-0.1, -0.05) is 24.1 Å². The molecule has 5 N–H and O–H groups in total. The van der Waals surface area contributed by atoms with Gasteiger partial charge in [0.15, 0.2) is 5.82 Å². The van der Waals surface area contributed by atoms with E-state index in [0.29, 0.717) is 53.4 Å². The monoisotopic (exact) mass is 616 g/mol. The molecule has 2 bridgehead atoms. The number of benzene rings is 2. The molecule has 1 saturated heterocycles. The minimum absolute atomic E-state index is 0.0209. The fourth-order valence-electron chi connectivity index (χ4n) is 4.88. The van der Waals surface area contributed by atoms with E-state index in [0.717, 1.165) is 0 Å². The van der Waals surface area contributed by atoms with Crippen LogP contribution < -0.4 is 26.0 Å². The number of carbonyl (C=O) groups excluding carboxylic acids is 3. The van der Waals surface area contributed by atoms with Gasteiger partial charge in [0.25, 0.3) is 0 Å². The van der Waals surface area contributed by atoms with Crippen LogP contribution in [0.2, 0.25) is 5.02 Å². The van der Waals surface area contributed by atoms with Crippen molar-refractivity contribution in [2.75, 3.05) is 36.0 Å². The summed E-state index contributed by atoms with van der Waals surface area (Å²) < 4.78 is 23.0. The van der Waals surface area contributed by atoms with E-state index in [-0.39, 0.29) is 38.7 Å². The maximum absolute atomic E-state index is 14.8. The average molecular weight is 617 g/mol. The van der Waals surface area contributed by atoms with E-state index in [1.165, 1.54) is 13.2 Å². The van der Waals surface area contributed by atoms with E-state index in [1.54, 1.807) is 53.0 Å². The molecule has 42 heavy (non-hydrogen) atoms. The minimum Gasteiger partial charge on any atom is -0.453 e. The van der Waals surface area contributed by atoms with Crippen molar-refractivity contribution < 1.29 is 23.5 Å². The van der Waals surface area contributed by atoms with Crippen LogP contribution in [0.1, 0.15) is 37.5 Å². The predicted octanol–water partition coefficient (Wildman–Crippen LogP) is 4.55. The minimum atomic E-state index is -0.669. The zero-order chi connectivity index (χ0) is 29.8. The van der Waals surface area contributed by atoms with Crippen LogP contribution >= 0.6 is 20.5 Å². The van der Waals surface area contributed by atoms with Gasteiger partial charge in [0, 0.05) is 31.3 Å². The van der Waals surface area contributed by atoms with Crippen molar-refractivity contribution in [1.82, 2.24) is 25.5 Å². The third kappa shape index (κ3) is 6.81. The lowest BCUT2D eigenvalue weighted by atomic mass is 10.1. The van der Waals surface area contributed by atoms with E-state index >= 15 is 0 Å². The van der Waals surface area contributed by atoms with Crippen molar-refractivity contribution >= 4 is 55.5 Å².